The van der Waals surface area contributed by atoms with Crippen LogP contribution in [0, 0.1) is 0 Å². The van der Waals surface area contributed by atoms with Gasteiger partial charge in [-0.3, -0.25) is 9.59 Å². The molecule has 0 N–H and O–H groups in total. The van der Waals surface area contributed by atoms with Gasteiger partial charge >= 0.3 is 5.97 Å². The fourth-order valence-corrected chi connectivity index (χ4v) is 1.14. The van der Waals surface area contributed by atoms with Crippen molar-refractivity contribution in [2.45, 2.75) is 12.8 Å². The molecule has 92 valence electrons. The average molecular weight is 229 g/mol. The first-order chi connectivity index (χ1) is 7.65. The molecule has 0 aromatic heterocycles. The van der Waals surface area contributed by atoms with Gasteiger partial charge in [-0.2, -0.15) is 0 Å². The van der Waals surface area contributed by atoms with E-state index in [4.69, 9.17) is 4.74 Å². The van der Waals surface area contributed by atoms with Crippen LogP contribution in [0.2, 0.25) is 0 Å². The standard InChI is InChI=1S/C11H19NO4/c1-4-5-10(13)12(8-9-15-2)7-6-11(14)16-3/h4H,1,5-9H2,2-3H3. The van der Waals surface area contributed by atoms with Gasteiger partial charge in [0, 0.05) is 26.6 Å². The van der Waals surface area contributed by atoms with Gasteiger partial charge in [-0.1, -0.05) is 6.08 Å². The Bertz CT molecular complexity index is 240. The predicted octanol–water partition coefficient (Wildman–Crippen LogP) is 0.601. The zero-order valence-corrected chi connectivity index (χ0v) is 9.90. The number of ether oxygens (including phenoxy) is 2. The summed E-state index contributed by atoms with van der Waals surface area (Å²) in [5, 5.41) is 0. The minimum atomic E-state index is -0.325. The van der Waals surface area contributed by atoms with Gasteiger partial charge in [0.25, 0.3) is 0 Å². The van der Waals surface area contributed by atoms with Crippen molar-refractivity contribution in [2.75, 3.05) is 33.9 Å². The zero-order valence-electron chi connectivity index (χ0n) is 9.90. The minimum Gasteiger partial charge on any atom is -0.469 e. The third kappa shape index (κ3) is 6.19. The second-order valence-corrected chi connectivity index (χ2v) is 3.19. The van der Waals surface area contributed by atoms with Crippen LogP contribution >= 0.6 is 0 Å². The fraction of sp³-hybridized carbons (Fsp3) is 0.636. The molecule has 16 heavy (non-hydrogen) atoms. The first-order valence-electron chi connectivity index (χ1n) is 5.10. The maximum Gasteiger partial charge on any atom is 0.307 e. The molecule has 0 rings (SSSR count). The van der Waals surface area contributed by atoms with E-state index >= 15 is 0 Å². The second kappa shape index (κ2) is 8.91. The van der Waals surface area contributed by atoms with E-state index in [-0.39, 0.29) is 24.7 Å². The van der Waals surface area contributed by atoms with Gasteiger partial charge in [0.05, 0.1) is 20.1 Å². The molecule has 0 atom stereocenters. The van der Waals surface area contributed by atoms with Gasteiger partial charge in [0.15, 0.2) is 0 Å². The molecule has 0 spiro atoms. The molecule has 0 unspecified atom stereocenters. The van der Waals surface area contributed by atoms with Crippen LogP contribution < -0.4 is 0 Å². The van der Waals surface area contributed by atoms with Crippen LogP contribution in [0.5, 0.6) is 0 Å². The van der Waals surface area contributed by atoms with Crippen LogP contribution in [-0.2, 0) is 19.1 Å². The maximum atomic E-state index is 11.6. The summed E-state index contributed by atoms with van der Waals surface area (Å²) < 4.78 is 9.41. The van der Waals surface area contributed by atoms with E-state index in [9.17, 15) is 9.59 Å². The molecule has 0 aliphatic heterocycles. The van der Waals surface area contributed by atoms with E-state index in [1.165, 1.54) is 7.11 Å². The Morgan fingerprint density at radius 3 is 2.50 bits per heavy atom. The molecule has 5 heteroatoms. The summed E-state index contributed by atoms with van der Waals surface area (Å²) in [7, 11) is 2.89. The molecular weight excluding hydrogens is 210 g/mol. The topological polar surface area (TPSA) is 55.8 Å². The highest BCUT2D eigenvalue weighted by atomic mass is 16.5. The van der Waals surface area contributed by atoms with Gasteiger partial charge in [0.2, 0.25) is 5.91 Å². The van der Waals surface area contributed by atoms with E-state index < -0.39 is 0 Å². The van der Waals surface area contributed by atoms with Crippen molar-refractivity contribution >= 4 is 11.9 Å². The summed E-state index contributed by atoms with van der Waals surface area (Å²) >= 11 is 0. The Labute approximate surface area is 96.0 Å². The Kier molecular flexibility index (Phi) is 8.15. The van der Waals surface area contributed by atoms with Crippen LogP contribution in [0.25, 0.3) is 0 Å². The van der Waals surface area contributed by atoms with Crippen LogP contribution in [0.1, 0.15) is 12.8 Å². The number of nitrogens with zero attached hydrogens (tertiary/aromatic N) is 1. The Hall–Kier alpha value is -1.36. The van der Waals surface area contributed by atoms with Crippen LogP contribution in [0.15, 0.2) is 12.7 Å². The number of carbonyl (C=O) groups is 2. The van der Waals surface area contributed by atoms with Crippen molar-refractivity contribution in [3.05, 3.63) is 12.7 Å². The highest BCUT2D eigenvalue weighted by Gasteiger charge is 2.13. The van der Waals surface area contributed by atoms with Gasteiger partial charge < -0.3 is 14.4 Å². The smallest absolute Gasteiger partial charge is 0.307 e. The first-order valence-corrected chi connectivity index (χ1v) is 5.10. The van der Waals surface area contributed by atoms with Crippen LogP contribution in [0.4, 0.5) is 0 Å². The molecule has 0 aliphatic carbocycles. The van der Waals surface area contributed by atoms with Crippen molar-refractivity contribution in [1.29, 1.82) is 0 Å². The lowest BCUT2D eigenvalue weighted by molar-refractivity contribution is -0.141. The molecule has 0 aliphatic rings. The lowest BCUT2D eigenvalue weighted by Gasteiger charge is -2.21. The normalized spacial score (nSPS) is 9.62. The summed E-state index contributed by atoms with van der Waals surface area (Å²) in [4.78, 5) is 24.1. The number of methoxy groups -OCH3 is 2. The quantitative estimate of drug-likeness (QED) is 0.452. The van der Waals surface area contributed by atoms with Crippen molar-refractivity contribution in [1.82, 2.24) is 4.90 Å². The number of hydrogen-bond acceptors (Lipinski definition) is 4. The summed E-state index contributed by atoms with van der Waals surface area (Å²) in [6.45, 7) is 4.78. The largest absolute Gasteiger partial charge is 0.469 e. The van der Waals surface area contributed by atoms with Crippen molar-refractivity contribution in [2.24, 2.45) is 0 Å². The average Bonchev–Trinajstić information content (AvgIpc) is 2.29. The van der Waals surface area contributed by atoms with E-state index in [2.05, 4.69) is 11.3 Å². The van der Waals surface area contributed by atoms with E-state index in [1.807, 2.05) is 0 Å². The van der Waals surface area contributed by atoms with Gasteiger partial charge in [0.1, 0.15) is 0 Å². The zero-order chi connectivity index (χ0) is 12.4. The Balaban J connectivity index is 4.13. The maximum absolute atomic E-state index is 11.6. The van der Waals surface area contributed by atoms with Crippen molar-refractivity contribution in [3.8, 4) is 0 Å². The Morgan fingerprint density at radius 2 is 2.00 bits per heavy atom. The Morgan fingerprint density at radius 1 is 1.31 bits per heavy atom. The summed E-state index contributed by atoms with van der Waals surface area (Å²) in [6.07, 6.45) is 2.01. The number of rotatable bonds is 8. The molecule has 5 nitrogen and oxygen atoms in total. The molecule has 0 aromatic rings. The third-order valence-electron chi connectivity index (χ3n) is 2.05. The molecule has 0 saturated heterocycles. The lowest BCUT2D eigenvalue weighted by Crippen LogP contribution is -2.35. The molecular formula is C11H19NO4. The second-order valence-electron chi connectivity index (χ2n) is 3.19. The van der Waals surface area contributed by atoms with E-state index in [1.54, 1.807) is 18.1 Å². The summed E-state index contributed by atoms with van der Waals surface area (Å²) in [6, 6.07) is 0. The number of carbonyl (C=O) groups excluding carboxylic acids is 2. The van der Waals surface area contributed by atoms with Crippen molar-refractivity contribution < 1.29 is 19.1 Å². The van der Waals surface area contributed by atoms with E-state index in [0.717, 1.165) is 0 Å². The predicted molar refractivity (Wildman–Crippen MR) is 59.9 cm³/mol. The SMILES string of the molecule is C=CCC(=O)N(CCOC)CCC(=O)OC. The van der Waals surface area contributed by atoms with Crippen molar-refractivity contribution in [3.63, 3.8) is 0 Å². The van der Waals surface area contributed by atoms with Crippen LogP contribution in [-0.4, -0.2) is 50.7 Å². The highest BCUT2D eigenvalue weighted by Crippen LogP contribution is 1.98. The third-order valence-corrected chi connectivity index (χ3v) is 2.05. The van der Waals surface area contributed by atoms with Gasteiger partial charge in [-0.25, -0.2) is 0 Å². The van der Waals surface area contributed by atoms with Gasteiger partial charge in [-0.05, 0) is 0 Å². The highest BCUT2D eigenvalue weighted by molar-refractivity contribution is 5.78. The summed E-state index contributed by atoms with van der Waals surface area (Å²) in [5.74, 6) is -0.384. The molecule has 1 amide bonds. The number of esters is 1. The molecule has 0 radical (unpaired) electrons. The lowest BCUT2D eigenvalue weighted by atomic mass is 10.3. The van der Waals surface area contributed by atoms with Crippen LogP contribution in [0.3, 0.4) is 0 Å². The molecule has 0 fully saturated rings. The molecule has 0 aromatic carbocycles. The molecule has 0 saturated carbocycles. The number of amides is 1. The first kappa shape index (κ1) is 14.6. The fourth-order valence-electron chi connectivity index (χ4n) is 1.14. The minimum absolute atomic E-state index is 0.0593. The molecule has 0 heterocycles. The monoisotopic (exact) mass is 229 g/mol. The summed E-state index contributed by atoms with van der Waals surface area (Å²) in [5.41, 5.74) is 0. The van der Waals surface area contributed by atoms with Gasteiger partial charge in [-0.15, -0.1) is 6.58 Å². The molecule has 0 bridgehead atoms. The number of hydrogen-bond donors (Lipinski definition) is 0. The van der Waals surface area contributed by atoms with E-state index in [0.29, 0.717) is 19.7 Å².